The summed E-state index contributed by atoms with van der Waals surface area (Å²) in [4.78, 5) is 26.0. The van der Waals surface area contributed by atoms with Gasteiger partial charge in [0.1, 0.15) is 17.1 Å². The highest BCUT2D eigenvalue weighted by Crippen LogP contribution is 2.26. The van der Waals surface area contributed by atoms with Crippen LogP contribution in [0, 0.1) is 113 Å². The quantitative estimate of drug-likeness (QED) is 0.287. The van der Waals surface area contributed by atoms with Gasteiger partial charge in [0, 0.05) is 66.0 Å². The molecule has 0 fully saturated rings. The van der Waals surface area contributed by atoms with Crippen molar-refractivity contribution in [3.05, 3.63) is 34.7 Å². The zero-order chi connectivity index (χ0) is 31.1. The van der Waals surface area contributed by atoms with Crippen molar-refractivity contribution in [2.24, 2.45) is 5.92 Å². The molecule has 0 aliphatic heterocycles. The fourth-order valence-electron chi connectivity index (χ4n) is 3.36. The molecule has 1 amide bonds. The molecule has 6 heteroatoms. The molecule has 2 rings (SSSR count). The zero-order valence-corrected chi connectivity index (χ0v) is 23.7. The van der Waals surface area contributed by atoms with Crippen LogP contribution in [-0.2, 0) is 4.79 Å². The monoisotopic (exact) mass is 563 g/mol. The lowest BCUT2D eigenvalue weighted by atomic mass is 9.99. The van der Waals surface area contributed by atoms with Crippen molar-refractivity contribution < 1.29 is 19.1 Å². The summed E-state index contributed by atoms with van der Waals surface area (Å²) >= 11 is 0. The first-order valence-electron chi connectivity index (χ1n) is 13.1. The number of unbranched alkanes of at least 4 members (excludes halogenated alkanes) is 1. The van der Waals surface area contributed by atoms with Gasteiger partial charge in [0.25, 0.3) is 5.91 Å². The third-order valence-electron chi connectivity index (χ3n) is 5.48. The van der Waals surface area contributed by atoms with Crippen LogP contribution in [0.2, 0.25) is 0 Å². The van der Waals surface area contributed by atoms with E-state index in [1.165, 1.54) is 11.0 Å². The van der Waals surface area contributed by atoms with Gasteiger partial charge in [-0.15, -0.1) is 6.42 Å². The van der Waals surface area contributed by atoms with Gasteiger partial charge in [-0.05, 0) is 71.8 Å². The van der Waals surface area contributed by atoms with Crippen LogP contribution < -0.4 is 10.4 Å². The van der Waals surface area contributed by atoms with Crippen LogP contribution in [0.5, 0.6) is 11.5 Å². The number of hydrogen-bond donors (Lipinski definition) is 1. The van der Waals surface area contributed by atoms with E-state index < -0.39 is 5.63 Å². The molecule has 1 unspecified atom stereocenters. The van der Waals surface area contributed by atoms with Gasteiger partial charge in [0.05, 0.1) is 11.5 Å². The summed E-state index contributed by atoms with van der Waals surface area (Å²) in [6.45, 7) is 4.32. The fourth-order valence-corrected chi connectivity index (χ4v) is 3.36. The van der Waals surface area contributed by atoms with Crippen molar-refractivity contribution in [2.45, 2.75) is 39.5 Å². The maximum atomic E-state index is 13.1. The highest BCUT2D eigenvalue weighted by molar-refractivity contribution is 5.84. The SMILES string of the molecule is C#CC#CC#CC#CC#CC#CC#CC#CC#CN(CC(CC)CCCC)C(=O)COc1ccc2c(O)cc(=O)oc2c1. The highest BCUT2D eigenvalue weighted by Gasteiger charge is 2.18. The minimum Gasteiger partial charge on any atom is -0.507 e. The summed E-state index contributed by atoms with van der Waals surface area (Å²) in [6.07, 6.45) is 8.91. The van der Waals surface area contributed by atoms with Crippen LogP contribution >= 0.6 is 0 Å². The van der Waals surface area contributed by atoms with Crippen molar-refractivity contribution in [3.8, 4) is 119 Å². The van der Waals surface area contributed by atoms with Crippen LogP contribution in [-0.4, -0.2) is 29.1 Å². The van der Waals surface area contributed by atoms with Gasteiger partial charge in [0.2, 0.25) is 0 Å². The van der Waals surface area contributed by atoms with Crippen LogP contribution in [0.3, 0.4) is 0 Å². The van der Waals surface area contributed by atoms with E-state index in [9.17, 15) is 14.7 Å². The minimum atomic E-state index is -0.694. The molecule has 1 heterocycles. The van der Waals surface area contributed by atoms with E-state index in [2.05, 4.69) is 115 Å². The molecule has 0 aliphatic carbocycles. The number of carbonyl (C=O) groups excluding carboxylic acids is 1. The first-order chi connectivity index (χ1) is 21.0. The summed E-state index contributed by atoms with van der Waals surface area (Å²) in [5, 5.41) is 10.3. The number of carbonyl (C=O) groups is 1. The van der Waals surface area contributed by atoms with Crippen LogP contribution in [0.15, 0.2) is 33.5 Å². The molecule has 2 aromatic rings. The van der Waals surface area contributed by atoms with Gasteiger partial charge in [-0.25, -0.2) is 4.79 Å². The van der Waals surface area contributed by atoms with E-state index in [-0.39, 0.29) is 29.8 Å². The summed E-state index contributed by atoms with van der Waals surface area (Å²) in [5.74, 6) is 39.7. The third-order valence-corrected chi connectivity index (χ3v) is 5.48. The number of benzene rings is 1. The summed E-state index contributed by atoms with van der Waals surface area (Å²) in [6, 6.07) is 8.35. The van der Waals surface area contributed by atoms with Crippen molar-refractivity contribution in [2.75, 3.05) is 13.2 Å². The average Bonchev–Trinajstić information content (AvgIpc) is 3.00. The lowest BCUT2D eigenvalue weighted by Crippen LogP contribution is -2.35. The van der Waals surface area contributed by atoms with Crippen LogP contribution in [0.1, 0.15) is 39.5 Å². The van der Waals surface area contributed by atoms with Crippen molar-refractivity contribution in [3.63, 3.8) is 0 Å². The maximum Gasteiger partial charge on any atom is 0.339 e. The number of fused-ring (bicyclic) bond motifs is 1. The Hall–Kier alpha value is -6.46. The van der Waals surface area contributed by atoms with E-state index in [1.807, 2.05) is 0 Å². The van der Waals surface area contributed by atoms with Crippen molar-refractivity contribution in [1.82, 2.24) is 4.90 Å². The van der Waals surface area contributed by atoms with Crippen molar-refractivity contribution in [1.29, 1.82) is 0 Å². The highest BCUT2D eigenvalue weighted by atomic mass is 16.5. The van der Waals surface area contributed by atoms with Gasteiger partial charge in [0.15, 0.2) is 6.61 Å². The largest absolute Gasteiger partial charge is 0.507 e. The van der Waals surface area contributed by atoms with E-state index in [1.54, 1.807) is 12.1 Å². The summed E-state index contributed by atoms with van der Waals surface area (Å²) in [7, 11) is 0. The number of amides is 1. The predicted molar refractivity (Wildman–Crippen MR) is 166 cm³/mol. The van der Waals surface area contributed by atoms with E-state index in [0.717, 1.165) is 31.7 Å². The third kappa shape index (κ3) is 13.0. The second-order valence-corrected chi connectivity index (χ2v) is 8.45. The second-order valence-electron chi connectivity index (χ2n) is 8.45. The Morgan fingerprint density at radius 3 is 2.05 bits per heavy atom. The second kappa shape index (κ2) is 19.6. The number of rotatable bonds is 9. The van der Waals surface area contributed by atoms with Crippen molar-refractivity contribution >= 4 is 16.9 Å². The smallest absolute Gasteiger partial charge is 0.339 e. The molecule has 6 nitrogen and oxygen atoms in total. The first kappa shape index (κ1) is 32.8. The first-order valence-corrected chi connectivity index (χ1v) is 13.1. The predicted octanol–water partition coefficient (Wildman–Crippen LogP) is 3.54. The number of hydrogen-bond acceptors (Lipinski definition) is 5. The van der Waals surface area contributed by atoms with E-state index >= 15 is 0 Å². The number of terminal acetylenes is 1. The molecular weight excluding hydrogens is 538 g/mol. The van der Waals surface area contributed by atoms with E-state index in [0.29, 0.717) is 17.7 Å². The molecule has 208 valence electrons. The minimum absolute atomic E-state index is 0.146. The molecule has 0 bridgehead atoms. The lowest BCUT2D eigenvalue weighted by molar-refractivity contribution is -0.130. The molecular formula is C37H25NO5. The molecule has 0 saturated carbocycles. The molecule has 0 saturated heterocycles. The maximum absolute atomic E-state index is 13.1. The number of nitrogens with zero attached hydrogens (tertiary/aromatic N) is 1. The molecule has 1 N–H and O–H groups in total. The zero-order valence-electron chi connectivity index (χ0n) is 23.7. The molecule has 43 heavy (non-hydrogen) atoms. The Labute approximate surface area is 252 Å². The Bertz CT molecular complexity index is 1950. The number of ether oxygens (including phenoxy) is 1. The topological polar surface area (TPSA) is 80.0 Å². The summed E-state index contributed by atoms with van der Waals surface area (Å²) < 4.78 is 10.8. The average molecular weight is 564 g/mol. The Balaban J connectivity index is 2.08. The molecule has 1 aromatic heterocycles. The molecule has 0 spiro atoms. The lowest BCUT2D eigenvalue weighted by Gasteiger charge is -2.22. The normalized spacial score (nSPS) is 8.86. The number of aromatic hydroxyl groups is 1. The summed E-state index contributed by atoms with van der Waals surface area (Å²) in [5.41, 5.74) is -0.549. The molecule has 0 radical (unpaired) electrons. The van der Waals surface area contributed by atoms with E-state index in [4.69, 9.17) is 15.6 Å². The van der Waals surface area contributed by atoms with Crippen LogP contribution in [0.4, 0.5) is 0 Å². The molecule has 1 aromatic carbocycles. The Kier molecular flexibility index (Phi) is 14.9. The fraction of sp³-hybridized carbons (Fsp3) is 0.243. The standard InChI is InChI=1S/C37H25NO5/c1-4-7-9-10-11-12-13-14-15-16-17-18-19-20-21-22-26-38(29-31(6-3)23-8-5-2)36(40)30-42-32-24-25-33-34(39)28-37(41)43-35(33)27-32/h1,24-25,27-28,31,39H,5-6,8,23,29-30H2,2-3H3. The Morgan fingerprint density at radius 2 is 1.49 bits per heavy atom. The van der Waals surface area contributed by atoms with Crippen LogP contribution in [0.25, 0.3) is 11.0 Å². The molecule has 0 aliphatic rings. The Morgan fingerprint density at radius 1 is 0.907 bits per heavy atom. The van der Waals surface area contributed by atoms with Gasteiger partial charge in [-0.2, -0.15) is 0 Å². The van der Waals surface area contributed by atoms with Gasteiger partial charge < -0.3 is 14.3 Å². The van der Waals surface area contributed by atoms with Gasteiger partial charge in [-0.1, -0.05) is 33.1 Å². The van der Waals surface area contributed by atoms with Gasteiger partial charge >= 0.3 is 5.63 Å². The van der Waals surface area contributed by atoms with Gasteiger partial charge in [-0.3, -0.25) is 9.69 Å². The molecule has 1 atom stereocenters.